The van der Waals surface area contributed by atoms with Crippen LogP contribution in [0.5, 0.6) is 0 Å². The van der Waals surface area contributed by atoms with Crippen molar-refractivity contribution in [3.05, 3.63) is 0 Å². The van der Waals surface area contributed by atoms with Gasteiger partial charge in [-0.05, 0) is 38.5 Å². The first kappa shape index (κ1) is 29.2. The van der Waals surface area contributed by atoms with Gasteiger partial charge in [0.05, 0.1) is 18.0 Å². The number of hydrogen-bond acceptors (Lipinski definition) is 6. The van der Waals surface area contributed by atoms with E-state index >= 15 is 0 Å². The van der Waals surface area contributed by atoms with Crippen molar-refractivity contribution in [3.8, 4) is 0 Å². The van der Waals surface area contributed by atoms with Gasteiger partial charge in [-0.15, -0.1) is 0 Å². The SMILES string of the molecule is CCC(C)OC(OCCCCC(=O)NCCCNC(=O)CCOC)C(S)C(C)CC. The van der Waals surface area contributed by atoms with E-state index in [-0.39, 0.29) is 29.5 Å². The largest absolute Gasteiger partial charge is 0.384 e. The lowest BCUT2D eigenvalue weighted by Crippen LogP contribution is -2.35. The molecule has 0 aliphatic carbocycles. The van der Waals surface area contributed by atoms with E-state index in [0.717, 1.165) is 25.7 Å². The second-order valence-corrected chi connectivity index (χ2v) is 8.32. The number of ether oxygens (including phenoxy) is 3. The molecule has 4 unspecified atom stereocenters. The monoisotopic (exact) mass is 448 g/mol. The normalized spacial score (nSPS) is 15.3. The highest BCUT2D eigenvalue weighted by Crippen LogP contribution is 2.22. The second kappa shape index (κ2) is 18.9. The summed E-state index contributed by atoms with van der Waals surface area (Å²) in [6, 6.07) is 0. The van der Waals surface area contributed by atoms with E-state index < -0.39 is 0 Å². The van der Waals surface area contributed by atoms with Crippen LogP contribution in [0.1, 0.15) is 72.6 Å². The molecule has 0 aliphatic heterocycles. The van der Waals surface area contributed by atoms with E-state index in [1.165, 1.54) is 0 Å². The molecule has 2 amide bonds. The fraction of sp³-hybridized carbons (Fsp3) is 0.909. The van der Waals surface area contributed by atoms with Gasteiger partial charge in [0.15, 0.2) is 6.29 Å². The molecule has 0 aliphatic rings. The summed E-state index contributed by atoms with van der Waals surface area (Å²) < 4.78 is 16.8. The third-order valence-corrected chi connectivity index (χ3v) is 5.81. The minimum absolute atomic E-state index is 0.0276. The van der Waals surface area contributed by atoms with Gasteiger partial charge in [-0.2, -0.15) is 12.6 Å². The number of thiol groups is 1. The van der Waals surface area contributed by atoms with E-state index in [2.05, 4.69) is 31.4 Å². The Morgan fingerprint density at radius 3 is 2.10 bits per heavy atom. The smallest absolute Gasteiger partial charge is 0.222 e. The Labute approximate surface area is 188 Å². The van der Waals surface area contributed by atoms with Gasteiger partial charge in [0, 0.05) is 39.6 Å². The molecule has 2 N–H and O–H groups in total. The molecule has 0 fully saturated rings. The van der Waals surface area contributed by atoms with Crippen molar-refractivity contribution in [1.82, 2.24) is 10.6 Å². The van der Waals surface area contributed by atoms with Gasteiger partial charge in [-0.25, -0.2) is 0 Å². The summed E-state index contributed by atoms with van der Waals surface area (Å²) in [6.45, 7) is 10.5. The van der Waals surface area contributed by atoms with Crippen LogP contribution in [0.25, 0.3) is 0 Å². The van der Waals surface area contributed by atoms with Gasteiger partial charge in [0.25, 0.3) is 0 Å². The molecule has 0 bridgehead atoms. The first-order chi connectivity index (χ1) is 14.3. The third kappa shape index (κ3) is 15.0. The zero-order valence-electron chi connectivity index (χ0n) is 19.6. The number of rotatable bonds is 19. The van der Waals surface area contributed by atoms with Crippen molar-refractivity contribution in [2.24, 2.45) is 5.92 Å². The number of unbranched alkanes of at least 4 members (excludes halogenated alkanes) is 1. The Hall–Kier alpha value is -0.830. The minimum atomic E-state index is -0.328. The highest BCUT2D eigenvalue weighted by molar-refractivity contribution is 7.81. The molecular weight excluding hydrogens is 404 g/mol. The highest BCUT2D eigenvalue weighted by atomic mass is 32.1. The maximum atomic E-state index is 11.9. The number of amides is 2. The number of methoxy groups -OCH3 is 1. The summed E-state index contributed by atoms with van der Waals surface area (Å²) in [6.07, 6.45) is 4.85. The molecule has 178 valence electrons. The van der Waals surface area contributed by atoms with Crippen molar-refractivity contribution in [2.75, 3.05) is 33.4 Å². The number of hydrogen-bond donors (Lipinski definition) is 3. The molecule has 0 aromatic heterocycles. The maximum Gasteiger partial charge on any atom is 0.222 e. The van der Waals surface area contributed by atoms with Crippen LogP contribution in [0.4, 0.5) is 0 Å². The molecule has 0 radical (unpaired) electrons. The molecule has 0 saturated heterocycles. The Morgan fingerprint density at radius 2 is 1.53 bits per heavy atom. The van der Waals surface area contributed by atoms with Gasteiger partial charge < -0.3 is 24.8 Å². The lowest BCUT2D eigenvalue weighted by atomic mass is 10.0. The Bertz CT molecular complexity index is 453. The minimum Gasteiger partial charge on any atom is -0.384 e. The van der Waals surface area contributed by atoms with E-state index in [0.29, 0.717) is 51.5 Å². The molecular formula is C22H44N2O5S. The van der Waals surface area contributed by atoms with Gasteiger partial charge in [-0.3, -0.25) is 9.59 Å². The standard InChI is InChI=1S/C22H44N2O5S/c1-6-17(3)21(30)22(29-18(4)7-2)28-15-9-8-11-19(25)23-13-10-14-24-20(26)12-16-27-5/h17-18,21-22,30H,6-16H2,1-5H3,(H,23,25)(H,24,26). The summed E-state index contributed by atoms with van der Waals surface area (Å²) in [7, 11) is 1.57. The Kier molecular flexibility index (Phi) is 18.4. The topological polar surface area (TPSA) is 85.9 Å². The molecule has 4 atom stereocenters. The van der Waals surface area contributed by atoms with Crippen LogP contribution in [0.15, 0.2) is 0 Å². The predicted molar refractivity (Wildman–Crippen MR) is 124 cm³/mol. The summed E-state index contributed by atoms with van der Waals surface area (Å²) in [4.78, 5) is 23.3. The summed E-state index contributed by atoms with van der Waals surface area (Å²) in [5.74, 6) is 0.397. The van der Waals surface area contributed by atoms with Crippen LogP contribution in [-0.4, -0.2) is 62.9 Å². The van der Waals surface area contributed by atoms with Crippen LogP contribution >= 0.6 is 12.6 Å². The fourth-order valence-electron chi connectivity index (χ4n) is 2.56. The quantitative estimate of drug-likeness (QED) is 0.160. The van der Waals surface area contributed by atoms with Crippen molar-refractivity contribution in [1.29, 1.82) is 0 Å². The van der Waals surface area contributed by atoms with Crippen LogP contribution in [0, 0.1) is 5.92 Å². The average Bonchev–Trinajstić information content (AvgIpc) is 2.74. The maximum absolute atomic E-state index is 11.9. The van der Waals surface area contributed by atoms with Crippen molar-refractivity contribution in [2.45, 2.75) is 90.3 Å². The van der Waals surface area contributed by atoms with Gasteiger partial charge in [-0.1, -0.05) is 27.2 Å². The lowest BCUT2D eigenvalue weighted by Gasteiger charge is -2.30. The first-order valence-electron chi connectivity index (χ1n) is 11.3. The molecule has 7 nitrogen and oxygen atoms in total. The molecule has 0 rings (SSSR count). The zero-order chi connectivity index (χ0) is 22.8. The van der Waals surface area contributed by atoms with E-state index in [1.54, 1.807) is 7.11 Å². The van der Waals surface area contributed by atoms with Gasteiger partial charge in [0.1, 0.15) is 0 Å². The molecule has 0 heterocycles. The van der Waals surface area contributed by atoms with Crippen LogP contribution in [-0.2, 0) is 23.8 Å². The summed E-state index contributed by atoms with van der Waals surface area (Å²) >= 11 is 4.71. The molecule has 0 aromatic rings. The van der Waals surface area contributed by atoms with Crippen molar-refractivity contribution < 1.29 is 23.8 Å². The molecule has 0 spiro atoms. The van der Waals surface area contributed by atoms with E-state index in [9.17, 15) is 9.59 Å². The van der Waals surface area contributed by atoms with Gasteiger partial charge in [0.2, 0.25) is 11.8 Å². The summed E-state index contributed by atoms with van der Waals surface area (Å²) in [5, 5.41) is 5.71. The van der Waals surface area contributed by atoms with Crippen molar-refractivity contribution in [3.63, 3.8) is 0 Å². The first-order valence-corrected chi connectivity index (χ1v) is 11.8. The highest BCUT2D eigenvalue weighted by Gasteiger charge is 2.25. The zero-order valence-corrected chi connectivity index (χ0v) is 20.5. The van der Waals surface area contributed by atoms with Crippen molar-refractivity contribution >= 4 is 24.4 Å². The van der Waals surface area contributed by atoms with E-state index in [4.69, 9.17) is 26.8 Å². The Balaban J connectivity index is 3.91. The van der Waals surface area contributed by atoms with Gasteiger partial charge >= 0.3 is 0 Å². The molecule has 30 heavy (non-hydrogen) atoms. The number of nitrogens with one attached hydrogen (secondary N) is 2. The van der Waals surface area contributed by atoms with E-state index in [1.807, 2.05) is 6.92 Å². The number of carbonyl (C=O) groups is 2. The molecule has 0 saturated carbocycles. The Morgan fingerprint density at radius 1 is 0.900 bits per heavy atom. The number of carbonyl (C=O) groups excluding carboxylic acids is 2. The second-order valence-electron chi connectivity index (χ2n) is 7.72. The lowest BCUT2D eigenvalue weighted by molar-refractivity contribution is -0.171. The van der Waals surface area contributed by atoms with Crippen LogP contribution in [0.2, 0.25) is 0 Å². The molecule has 8 heteroatoms. The fourth-order valence-corrected chi connectivity index (χ4v) is 2.92. The summed E-state index contributed by atoms with van der Waals surface area (Å²) in [5.41, 5.74) is 0. The third-order valence-electron chi connectivity index (χ3n) is 5.06. The van der Waals surface area contributed by atoms with Crippen LogP contribution in [0.3, 0.4) is 0 Å². The van der Waals surface area contributed by atoms with Crippen LogP contribution < -0.4 is 10.6 Å². The average molecular weight is 449 g/mol. The predicted octanol–water partition coefficient (Wildman–Crippen LogP) is 3.32. The molecule has 0 aromatic carbocycles.